The normalized spacial score (nSPS) is 10.9. The lowest BCUT2D eigenvalue weighted by molar-refractivity contribution is -0.118. The Hall–Kier alpha value is -3.02. The molecular formula is C23H18Cl2N2O3. The van der Waals surface area contributed by atoms with E-state index in [9.17, 15) is 4.79 Å². The first-order valence-electron chi connectivity index (χ1n) is 9.25. The fourth-order valence-electron chi connectivity index (χ4n) is 3.11. The van der Waals surface area contributed by atoms with Gasteiger partial charge < -0.3 is 14.5 Å². The molecule has 0 aliphatic heterocycles. The van der Waals surface area contributed by atoms with Gasteiger partial charge in [-0.15, -0.1) is 0 Å². The van der Waals surface area contributed by atoms with Crippen LogP contribution in [-0.4, -0.2) is 17.5 Å². The summed E-state index contributed by atoms with van der Waals surface area (Å²) >= 11 is 12.2. The van der Waals surface area contributed by atoms with Crippen LogP contribution in [0.2, 0.25) is 10.0 Å². The number of anilines is 1. The third-order valence-corrected chi connectivity index (χ3v) is 4.99. The minimum atomic E-state index is -0.264. The quantitative estimate of drug-likeness (QED) is 0.387. The van der Waals surface area contributed by atoms with Crippen LogP contribution in [0, 0.1) is 13.8 Å². The van der Waals surface area contributed by atoms with E-state index < -0.39 is 0 Å². The Morgan fingerprint density at radius 2 is 1.93 bits per heavy atom. The molecule has 0 saturated heterocycles. The molecule has 0 aliphatic rings. The summed E-state index contributed by atoms with van der Waals surface area (Å²) in [7, 11) is 0. The number of carbonyl (C=O) groups excluding carboxylic acids is 1. The van der Waals surface area contributed by atoms with Gasteiger partial charge in [0.25, 0.3) is 5.91 Å². The Kier molecular flexibility index (Phi) is 5.66. The molecule has 1 N–H and O–H groups in total. The highest BCUT2D eigenvalue weighted by Gasteiger charge is 2.13. The average molecular weight is 441 g/mol. The molecule has 152 valence electrons. The van der Waals surface area contributed by atoms with E-state index in [4.69, 9.17) is 32.4 Å². The zero-order valence-corrected chi connectivity index (χ0v) is 17.8. The van der Waals surface area contributed by atoms with Gasteiger partial charge in [-0.05, 0) is 55.8 Å². The van der Waals surface area contributed by atoms with Crippen LogP contribution in [0.3, 0.4) is 0 Å². The molecule has 1 heterocycles. The van der Waals surface area contributed by atoms with Crippen LogP contribution in [0.1, 0.15) is 11.1 Å². The summed E-state index contributed by atoms with van der Waals surface area (Å²) in [4.78, 5) is 16.8. The number of rotatable bonds is 5. The van der Waals surface area contributed by atoms with Gasteiger partial charge in [-0.2, -0.15) is 0 Å². The predicted octanol–water partition coefficient (Wildman–Crippen LogP) is 6.44. The molecule has 1 aromatic heterocycles. The molecule has 0 saturated carbocycles. The molecular weight excluding hydrogens is 423 g/mol. The molecule has 30 heavy (non-hydrogen) atoms. The van der Waals surface area contributed by atoms with E-state index in [1.54, 1.807) is 30.3 Å². The third kappa shape index (κ3) is 4.42. The molecule has 0 radical (unpaired) electrons. The van der Waals surface area contributed by atoms with Gasteiger partial charge in [0, 0.05) is 16.3 Å². The van der Waals surface area contributed by atoms with E-state index in [0.717, 1.165) is 11.1 Å². The second-order valence-corrected chi connectivity index (χ2v) is 7.79. The number of nitrogens with one attached hydrogen (secondary N) is 1. The number of fused-ring (bicyclic) bond motifs is 1. The maximum atomic E-state index is 12.3. The molecule has 3 aromatic carbocycles. The molecule has 7 heteroatoms. The Bertz CT molecular complexity index is 1250. The van der Waals surface area contributed by atoms with Crippen molar-refractivity contribution in [1.82, 2.24) is 4.98 Å². The van der Waals surface area contributed by atoms with E-state index in [-0.39, 0.29) is 12.5 Å². The topological polar surface area (TPSA) is 64.4 Å². The first-order valence-corrected chi connectivity index (χ1v) is 10.0. The lowest BCUT2D eigenvalue weighted by Crippen LogP contribution is -2.20. The number of aryl methyl sites for hydroxylation is 2. The smallest absolute Gasteiger partial charge is 0.262 e. The first-order chi connectivity index (χ1) is 14.4. The van der Waals surface area contributed by atoms with Gasteiger partial charge >= 0.3 is 0 Å². The van der Waals surface area contributed by atoms with E-state index in [2.05, 4.69) is 10.3 Å². The molecule has 0 fully saturated rings. The summed E-state index contributed by atoms with van der Waals surface area (Å²) in [6.45, 7) is 3.87. The van der Waals surface area contributed by atoms with Crippen molar-refractivity contribution < 1.29 is 13.9 Å². The number of aromatic nitrogens is 1. The van der Waals surface area contributed by atoms with Crippen LogP contribution < -0.4 is 10.1 Å². The maximum absolute atomic E-state index is 12.3. The molecule has 5 nitrogen and oxygen atoms in total. The van der Waals surface area contributed by atoms with Gasteiger partial charge in [-0.25, -0.2) is 4.98 Å². The summed E-state index contributed by atoms with van der Waals surface area (Å²) in [6, 6.07) is 16.3. The van der Waals surface area contributed by atoms with Crippen molar-refractivity contribution in [2.45, 2.75) is 13.8 Å². The average Bonchev–Trinajstić information content (AvgIpc) is 3.12. The minimum absolute atomic E-state index is 0.0921. The largest absolute Gasteiger partial charge is 0.483 e. The molecule has 4 aromatic rings. The van der Waals surface area contributed by atoms with Crippen molar-refractivity contribution in [2.24, 2.45) is 0 Å². The van der Waals surface area contributed by atoms with Gasteiger partial charge in [0.05, 0.1) is 5.02 Å². The third-order valence-electron chi connectivity index (χ3n) is 4.49. The van der Waals surface area contributed by atoms with Crippen molar-refractivity contribution in [3.05, 3.63) is 75.8 Å². The van der Waals surface area contributed by atoms with Crippen LogP contribution in [-0.2, 0) is 4.79 Å². The predicted molar refractivity (Wildman–Crippen MR) is 120 cm³/mol. The fourth-order valence-corrected chi connectivity index (χ4v) is 3.64. The number of carbonyl (C=O) groups is 1. The molecule has 0 aliphatic carbocycles. The Labute approximate surface area is 183 Å². The van der Waals surface area contributed by atoms with Crippen LogP contribution in [0.4, 0.5) is 5.69 Å². The SMILES string of the molecule is Cc1ccc(OCC(=O)Nc2cccc(-c3nc4cc(Cl)cc(Cl)c4o3)c2)c(C)c1. The van der Waals surface area contributed by atoms with Crippen LogP contribution in [0.15, 0.2) is 59.0 Å². The van der Waals surface area contributed by atoms with Crippen LogP contribution in [0.5, 0.6) is 5.75 Å². The Morgan fingerprint density at radius 1 is 1.10 bits per heavy atom. The lowest BCUT2D eigenvalue weighted by Gasteiger charge is -2.10. The second kappa shape index (κ2) is 8.38. The Balaban J connectivity index is 1.48. The number of benzene rings is 3. The van der Waals surface area contributed by atoms with Gasteiger partial charge in [0.15, 0.2) is 12.2 Å². The van der Waals surface area contributed by atoms with Crippen LogP contribution >= 0.6 is 23.2 Å². The summed E-state index contributed by atoms with van der Waals surface area (Å²) in [5.41, 5.74) is 4.47. The fraction of sp³-hybridized carbons (Fsp3) is 0.130. The highest BCUT2D eigenvalue weighted by atomic mass is 35.5. The zero-order chi connectivity index (χ0) is 21.3. The van der Waals surface area contributed by atoms with E-state index in [0.29, 0.717) is 44.0 Å². The van der Waals surface area contributed by atoms with Gasteiger partial charge in [-0.3, -0.25) is 4.79 Å². The Morgan fingerprint density at radius 3 is 2.73 bits per heavy atom. The summed E-state index contributed by atoms with van der Waals surface area (Å²) in [6.07, 6.45) is 0. The van der Waals surface area contributed by atoms with Crippen molar-refractivity contribution in [1.29, 1.82) is 0 Å². The van der Waals surface area contributed by atoms with Gasteiger partial charge in [0.2, 0.25) is 5.89 Å². The second-order valence-electron chi connectivity index (χ2n) is 6.94. The van der Waals surface area contributed by atoms with Crippen molar-refractivity contribution in [2.75, 3.05) is 11.9 Å². The number of halogens is 2. The lowest BCUT2D eigenvalue weighted by atomic mass is 10.1. The number of ether oxygens (including phenoxy) is 1. The number of amides is 1. The minimum Gasteiger partial charge on any atom is -0.483 e. The summed E-state index contributed by atoms with van der Waals surface area (Å²) in [5, 5.41) is 3.70. The van der Waals surface area contributed by atoms with Gasteiger partial charge in [0.1, 0.15) is 11.3 Å². The van der Waals surface area contributed by atoms with Crippen LogP contribution in [0.25, 0.3) is 22.6 Å². The first kappa shape index (κ1) is 20.3. The van der Waals surface area contributed by atoms with E-state index in [1.165, 1.54) is 0 Å². The van der Waals surface area contributed by atoms with Crippen molar-refractivity contribution in [3.63, 3.8) is 0 Å². The van der Waals surface area contributed by atoms with Crippen molar-refractivity contribution >= 4 is 45.9 Å². The highest BCUT2D eigenvalue weighted by Crippen LogP contribution is 2.32. The molecule has 0 bridgehead atoms. The standard InChI is InChI=1S/C23H18Cl2N2O3/c1-13-6-7-20(14(2)8-13)29-12-21(28)26-17-5-3-4-15(9-17)23-27-19-11-16(24)10-18(25)22(19)30-23/h3-11H,12H2,1-2H3,(H,26,28). The molecule has 0 unspecified atom stereocenters. The molecule has 0 atom stereocenters. The molecule has 4 rings (SSSR count). The molecule has 0 spiro atoms. The monoisotopic (exact) mass is 440 g/mol. The van der Waals surface area contributed by atoms with Crippen molar-refractivity contribution in [3.8, 4) is 17.2 Å². The number of hydrogen-bond acceptors (Lipinski definition) is 4. The number of oxazole rings is 1. The number of hydrogen-bond donors (Lipinski definition) is 1. The summed E-state index contributed by atoms with van der Waals surface area (Å²) < 4.78 is 11.4. The number of nitrogens with zero attached hydrogens (tertiary/aromatic N) is 1. The maximum Gasteiger partial charge on any atom is 0.262 e. The van der Waals surface area contributed by atoms with E-state index in [1.807, 2.05) is 38.1 Å². The summed E-state index contributed by atoms with van der Waals surface area (Å²) in [5.74, 6) is 0.808. The highest BCUT2D eigenvalue weighted by molar-refractivity contribution is 6.38. The zero-order valence-electron chi connectivity index (χ0n) is 16.3. The van der Waals surface area contributed by atoms with E-state index >= 15 is 0 Å². The van der Waals surface area contributed by atoms with Gasteiger partial charge in [-0.1, -0.05) is 47.0 Å². The molecule has 1 amide bonds.